The van der Waals surface area contributed by atoms with Crippen molar-refractivity contribution >= 4 is 75.1 Å². The topological polar surface area (TPSA) is 88.9 Å². The van der Waals surface area contributed by atoms with Gasteiger partial charge in [-0.2, -0.15) is 0 Å². The molecule has 1 aromatic heterocycles. The predicted octanol–water partition coefficient (Wildman–Crippen LogP) is 5.26. The maximum absolute atomic E-state index is 12.5. The van der Waals surface area contributed by atoms with Crippen molar-refractivity contribution in [3.8, 4) is 0 Å². The van der Waals surface area contributed by atoms with Crippen molar-refractivity contribution in [2.24, 2.45) is 7.05 Å². The summed E-state index contributed by atoms with van der Waals surface area (Å²) in [5.41, 5.74) is 2.18. The molecule has 168 valence electrons. The Labute approximate surface area is 213 Å². The third-order valence-corrected chi connectivity index (χ3v) is 7.01. The molecule has 0 aliphatic rings. The van der Waals surface area contributed by atoms with E-state index in [1.165, 1.54) is 17.8 Å². The van der Waals surface area contributed by atoms with Crippen LogP contribution >= 0.6 is 57.6 Å². The Morgan fingerprint density at radius 2 is 1.91 bits per heavy atom. The zero-order valence-corrected chi connectivity index (χ0v) is 21.9. The molecule has 2 N–H and O–H groups in total. The second kappa shape index (κ2) is 10.9. The van der Waals surface area contributed by atoms with Crippen LogP contribution in [0, 0.1) is 10.5 Å². The van der Waals surface area contributed by atoms with Gasteiger partial charge in [-0.15, -0.1) is 10.2 Å². The van der Waals surface area contributed by atoms with E-state index in [1.807, 2.05) is 25.1 Å². The molecular weight excluding hydrogens is 584 g/mol. The molecule has 1 heterocycles. The monoisotopic (exact) mass is 603 g/mol. The van der Waals surface area contributed by atoms with E-state index in [9.17, 15) is 9.59 Å². The van der Waals surface area contributed by atoms with E-state index >= 15 is 0 Å². The normalized spacial score (nSPS) is 11.8. The Morgan fingerprint density at radius 3 is 2.59 bits per heavy atom. The smallest absolute Gasteiger partial charge is 0.251 e. The Hall–Kier alpha value is -1.82. The maximum Gasteiger partial charge on any atom is 0.251 e. The third kappa shape index (κ3) is 6.15. The molecule has 0 fully saturated rings. The average molecular weight is 604 g/mol. The lowest BCUT2D eigenvalue weighted by atomic mass is 10.2. The van der Waals surface area contributed by atoms with Gasteiger partial charge >= 0.3 is 0 Å². The molecule has 32 heavy (non-hydrogen) atoms. The molecule has 3 aromatic rings. The van der Waals surface area contributed by atoms with Gasteiger partial charge in [0.1, 0.15) is 0 Å². The fraction of sp³-hybridized carbons (Fsp3) is 0.238. The standard InChI is InChI=1S/C21H20Cl2IN5O2S/c1-11-8-14(24)5-7-17(11)26-18(30)10-32-21-28-27-19(29(21)3)12(2)25-20(31)13-4-6-15(22)16(23)9-13/h4-9,12H,10H2,1-3H3,(H,25,31)(H,26,30)/t12-/m0/s1. The second-order valence-corrected chi connectivity index (χ2v) is 10.0. The fourth-order valence-corrected chi connectivity index (χ4v) is 4.56. The van der Waals surface area contributed by atoms with Crippen LogP contribution in [0.1, 0.15) is 34.7 Å². The van der Waals surface area contributed by atoms with E-state index < -0.39 is 6.04 Å². The van der Waals surface area contributed by atoms with Crippen molar-refractivity contribution in [3.63, 3.8) is 0 Å². The van der Waals surface area contributed by atoms with Crippen LogP contribution in [0.25, 0.3) is 0 Å². The summed E-state index contributed by atoms with van der Waals surface area (Å²) in [6, 6.07) is 10.1. The molecule has 0 aliphatic carbocycles. The minimum absolute atomic E-state index is 0.134. The number of anilines is 1. The van der Waals surface area contributed by atoms with Gasteiger partial charge in [0.25, 0.3) is 5.91 Å². The highest BCUT2D eigenvalue weighted by molar-refractivity contribution is 14.1. The van der Waals surface area contributed by atoms with Gasteiger partial charge in [-0.05, 0) is 78.4 Å². The second-order valence-electron chi connectivity index (χ2n) is 7.02. The van der Waals surface area contributed by atoms with Crippen molar-refractivity contribution < 1.29 is 9.59 Å². The van der Waals surface area contributed by atoms with Gasteiger partial charge in [-0.25, -0.2) is 0 Å². The van der Waals surface area contributed by atoms with Crippen LogP contribution < -0.4 is 10.6 Å². The fourth-order valence-electron chi connectivity index (χ4n) is 2.89. The van der Waals surface area contributed by atoms with Gasteiger partial charge in [0.15, 0.2) is 11.0 Å². The number of nitrogens with zero attached hydrogens (tertiary/aromatic N) is 3. The number of benzene rings is 2. The third-order valence-electron chi connectivity index (χ3n) is 4.58. The first-order valence-corrected chi connectivity index (χ1v) is 12.3. The summed E-state index contributed by atoms with van der Waals surface area (Å²) in [4.78, 5) is 24.9. The lowest BCUT2D eigenvalue weighted by Gasteiger charge is -2.14. The van der Waals surface area contributed by atoms with Crippen LogP contribution in [-0.4, -0.2) is 32.3 Å². The molecule has 0 unspecified atom stereocenters. The first kappa shape index (κ1) is 24.8. The molecule has 0 aliphatic heterocycles. The summed E-state index contributed by atoms with van der Waals surface area (Å²) in [6.45, 7) is 3.76. The Balaban J connectivity index is 1.59. The van der Waals surface area contributed by atoms with Gasteiger partial charge in [0.2, 0.25) is 5.91 Å². The lowest BCUT2D eigenvalue weighted by Crippen LogP contribution is -2.28. The maximum atomic E-state index is 12.5. The highest BCUT2D eigenvalue weighted by Gasteiger charge is 2.19. The van der Waals surface area contributed by atoms with E-state index in [0.717, 1.165) is 14.8 Å². The number of aromatic nitrogens is 3. The lowest BCUT2D eigenvalue weighted by molar-refractivity contribution is -0.113. The first-order chi connectivity index (χ1) is 15.2. The Morgan fingerprint density at radius 1 is 1.16 bits per heavy atom. The van der Waals surface area contributed by atoms with Crippen molar-refractivity contribution in [2.45, 2.75) is 25.0 Å². The number of aryl methyl sites for hydroxylation is 1. The molecule has 11 heteroatoms. The Bertz CT molecular complexity index is 1170. The number of hydrogen-bond acceptors (Lipinski definition) is 5. The summed E-state index contributed by atoms with van der Waals surface area (Å²) in [6.07, 6.45) is 0. The van der Waals surface area contributed by atoms with Crippen molar-refractivity contribution in [3.05, 3.63) is 67.0 Å². The van der Waals surface area contributed by atoms with Crippen LogP contribution in [0.2, 0.25) is 10.0 Å². The molecule has 0 spiro atoms. The van der Waals surface area contributed by atoms with Crippen LogP contribution in [0.5, 0.6) is 0 Å². The quantitative estimate of drug-likeness (QED) is 0.284. The van der Waals surface area contributed by atoms with Gasteiger partial charge in [-0.1, -0.05) is 35.0 Å². The molecule has 7 nitrogen and oxygen atoms in total. The predicted molar refractivity (Wildman–Crippen MR) is 137 cm³/mol. The van der Waals surface area contributed by atoms with Gasteiger partial charge in [0, 0.05) is 21.9 Å². The summed E-state index contributed by atoms with van der Waals surface area (Å²) in [7, 11) is 1.79. The molecule has 1 atom stereocenters. The largest absolute Gasteiger partial charge is 0.342 e. The molecule has 0 bridgehead atoms. The number of nitrogens with one attached hydrogen (secondary N) is 2. The summed E-state index contributed by atoms with van der Waals surface area (Å²) >= 11 is 15.4. The van der Waals surface area contributed by atoms with Gasteiger partial charge in [0.05, 0.1) is 21.8 Å². The average Bonchev–Trinajstić information content (AvgIpc) is 3.11. The van der Waals surface area contributed by atoms with Crippen LogP contribution in [0.4, 0.5) is 5.69 Å². The van der Waals surface area contributed by atoms with Crippen molar-refractivity contribution in [1.82, 2.24) is 20.1 Å². The van der Waals surface area contributed by atoms with E-state index in [2.05, 4.69) is 43.4 Å². The molecule has 0 saturated carbocycles. The summed E-state index contributed by atoms with van der Waals surface area (Å²) in [5.74, 6) is 0.307. The van der Waals surface area contributed by atoms with E-state index in [-0.39, 0.29) is 17.6 Å². The SMILES string of the molecule is Cc1cc(I)ccc1NC(=O)CSc1nnc([C@H](C)NC(=O)c2ccc(Cl)c(Cl)c2)n1C. The van der Waals surface area contributed by atoms with E-state index in [0.29, 0.717) is 26.6 Å². The summed E-state index contributed by atoms with van der Waals surface area (Å²) < 4.78 is 2.87. The Kier molecular flexibility index (Phi) is 8.43. The molecule has 0 radical (unpaired) electrons. The van der Waals surface area contributed by atoms with Crippen LogP contribution in [0.15, 0.2) is 41.6 Å². The van der Waals surface area contributed by atoms with E-state index in [4.69, 9.17) is 23.2 Å². The number of carbonyl (C=O) groups excluding carboxylic acids is 2. The number of carbonyl (C=O) groups is 2. The first-order valence-electron chi connectivity index (χ1n) is 9.49. The van der Waals surface area contributed by atoms with E-state index in [1.54, 1.807) is 30.7 Å². The molecule has 0 saturated heterocycles. The number of halogens is 3. The van der Waals surface area contributed by atoms with Gasteiger partial charge in [-0.3, -0.25) is 9.59 Å². The van der Waals surface area contributed by atoms with Crippen molar-refractivity contribution in [2.75, 3.05) is 11.1 Å². The highest BCUT2D eigenvalue weighted by Crippen LogP contribution is 2.24. The molecule has 3 rings (SSSR count). The number of hydrogen-bond donors (Lipinski definition) is 2. The van der Waals surface area contributed by atoms with Crippen molar-refractivity contribution in [1.29, 1.82) is 0 Å². The number of amides is 2. The highest BCUT2D eigenvalue weighted by atomic mass is 127. The number of rotatable bonds is 7. The van der Waals surface area contributed by atoms with Crippen LogP contribution in [0.3, 0.4) is 0 Å². The molecular formula is C21H20Cl2IN5O2S. The van der Waals surface area contributed by atoms with Crippen LogP contribution in [-0.2, 0) is 11.8 Å². The number of thioether (sulfide) groups is 1. The molecule has 2 aromatic carbocycles. The zero-order valence-electron chi connectivity index (χ0n) is 17.4. The summed E-state index contributed by atoms with van der Waals surface area (Å²) in [5, 5.41) is 15.4. The minimum Gasteiger partial charge on any atom is -0.342 e. The zero-order chi connectivity index (χ0) is 23.4. The minimum atomic E-state index is -0.410. The van der Waals surface area contributed by atoms with Gasteiger partial charge < -0.3 is 15.2 Å². The molecule has 2 amide bonds.